The molecular weight excluding hydrogens is 236 g/mol. The molecule has 0 bridgehead atoms. The van der Waals surface area contributed by atoms with Gasteiger partial charge >= 0.3 is 0 Å². The molecular formula is C15H26N4. The van der Waals surface area contributed by atoms with Crippen LogP contribution in [0.15, 0.2) is 6.07 Å². The summed E-state index contributed by atoms with van der Waals surface area (Å²) in [5.74, 6) is 0.949. The third kappa shape index (κ3) is 3.00. The first-order valence-corrected chi connectivity index (χ1v) is 7.81. The first kappa shape index (κ1) is 13.1. The quantitative estimate of drug-likeness (QED) is 0.876. The normalized spacial score (nSPS) is 24.8. The molecule has 1 saturated carbocycles. The van der Waals surface area contributed by atoms with E-state index in [1.54, 1.807) is 0 Å². The standard InChI is InChI=1S/C15H26N4/c1-3-13-9-14(19(4-2)17-13)10-18-8-7-16-15(11-18)12-5-6-12/h9,12,15-16H,3-8,10-11H2,1-2H3. The molecule has 1 aromatic heterocycles. The summed E-state index contributed by atoms with van der Waals surface area (Å²) in [7, 11) is 0. The van der Waals surface area contributed by atoms with Gasteiger partial charge in [-0.05, 0) is 38.2 Å². The minimum Gasteiger partial charge on any atom is -0.311 e. The molecule has 3 rings (SSSR count). The van der Waals surface area contributed by atoms with Gasteiger partial charge in [-0.3, -0.25) is 9.58 Å². The van der Waals surface area contributed by atoms with E-state index in [9.17, 15) is 0 Å². The summed E-state index contributed by atoms with van der Waals surface area (Å²) in [6.45, 7) is 9.92. The van der Waals surface area contributed by atoms with E-state index in [2.05, 4.69) is 39.9 Å². The average Bonchev–Trinajstić information content (AvgIpc) is 3.21. The van der Waals surface area contributed by atoms with Crippen LogP contribution in [0.5, 0.6) is 0 Å². The van der Waals surface area contributed by atoms with Gasteiger partial charge < -0.3 is 5.32 Å². The fourth-order valence-electron chi connectivity index (χ4n) is 3.12. The zero-order chi connectivity index (χ0) is 13.2. The summed E-state index contributed by atoms with van der Waals surface area (Å²) in [5, 5.41) is 8.33. The highest BCUT2D eigenvalue weighted by molar-refractivity contribution is 5.11. The molecule has 1 N–H and O–H groups in total. The van der Waals surface area contributed by atoms with Crippen molar-refractivity contribution in [2.75, 3.05) is 19.6 Å². The number of hydrogen-bond acceptors (Lipinski definition) is 3. The van der Waals surface area contributed by atoms with E-state index in [1.165, 1.54) is 37.3 Å². The molecule has 19 heavy (non-hydrogen) atoms. The van der Waals surface area contributed by atoms with Gasteiger partial charge in [0, 0.05) is 38.8 Å². The zero-order valence-corrected chi connectivity index (χ0v) is 12.2. The molecule has 0 radical (unpaired) electrons. The van der Waals surface area contributed by atoms with Crippen LogP contribution >= 0.6 is 0 Å². The van der Waals surface area contributed by atoms with E-state index in [-0.39, 0.29) is 0 Å². The summed E-state index contributed by atoms with van der Waals surface area (Å²) < 4.78 is 2.17. The fourth-order valence-corrected chi connectivity index (χ4v) is 3.12. The maximum Gasteiger partial charge on any atom is 0.0625 e. The molecule has 2 fully saturated rings. The van der Waals surface area contributed by atoms with Gasteiger partial charge in [0.05, 0.1) is 11.4 Å². The van der Waals surface area contributed by atoms with Gasteiger partial charge in [0.2, 0.25) is 0 Å². The van der Waals surface area contributed by atoms with Crippen molar-refractivity contribution in [2.24, 2.45) is 5.92 Å². The summed E-state index contributed by atoms with van der Waals surface area (Å²) in [4.78, 5) is 2.60. The fraction of sp³-hybridized carbons (Fsp3) is 0.800. The summed E-state index contributed by atoms with van der Waals surface area (Å²) in [6.07, 6.45) is 3.89. The van der Waals surface area contributed by atoms with Gasteiger partial charge in [-0.15, -0.1) is 0 Å². The Balaban J connectivity index is 1.64. The van der Waals surface area contributed by atoms with E-state index in [0.29, 0.717) is 0 Å². The largest absolute Gasteiger partial charge is 0.311 e. The summed E-state index contributed by atoms with van der Waals surface area (Å²) >= 11 is 0. The number of nitrogens with one attached hydrogen (secondary N) is 1. The highest BCUT2D eigenvalue weighted by atomic mass is 15.3. The van der Waals surface area contributed by atoms with Gasteiger partial charge in [-0.25, -0.2) is 0 Å². The Morgan fingerprint density at radius 2 is 2.21 bits per heavy atom. The molecule has 4 nitrogen and oxygen atoms in total. The Labute approximate surface area is 116 Å². The number of aryl methyl sites for hydroxylation is 2. The minimum atomic E-state index is 0.734. The first-order valence-electron chi connectivity index (χ1n) is 7.81. The third-order valence-corrected chi connectivity index (χ3v) is 4.44. The lowest BCUT2D eigenvalue weighted by Gasteiger charge is -2.33. The highest BCUT2D eigenvalue weighted by Gasteiger charge is 2.34. The zero-order valence-electron chi connectivity index (χ0n) is 12.2. The van der Waals surface area contributed by atoms with Crippen LogP contribution in [0.2, 0.25) is 0 Å². The van der Waals surface area contributed by atoms with Crippen LogP contribution in [0, 0.1) is 5.92 Å². The highest BCUT2D eigenvalue weighted by Crippen LogP contribution is 2.33. The number of aromatic nitrogens is 2. The lowest BCUT2D eigenvalue weighted by Crippen LogP contribution is -2.51. The van der Waals surface area contributed by atoms with Crippen molar-refractivity contribution in [1.29, 1.82) is 0 Å². The maximum absolute atomic E-state index is 4.65. The minimum absolute atomic E-state index is 0.734. The monoisotopic (exact) mass is 262 g/mol. The van der Waals surface area contributed by atoms with Crippen molar-refractivity contribution in [2.45, 2.75) is 52.2 Å². The predicted octanol–water partition coefficient (Wildman–Crippen LogP) is 1.65. The molecule has 4 heteroatoms. The first-order chi connectivity index (χ1) is 9.30. The van der Waals surface area contributed by atoms with Crippen molar-refractivity contribution in [3.63, 3.8) is 0 Å². The second kappa shape index (κ2) is 5.63. The Bertz CT molecular complexity index is 422. The van der Waals surface area contributed by atoms with Crippen LogP contribution in [-0.4, -0.2) is 40.4 Å². The SMILES string of the molecule is CCc1cc(CN2CCNC(C3CC3)C2)n(CC)n1. The van der Waals surface area contributed by atoms with E-state index in [1.807, 2.05) is 0 Å². The molecule has 1 atom stereocenters. The molecule has 0 aromatic carbocycles. The Morgan fingerprint density at radius 1 is 1.37 bits per heavy atom. The average molecular weight is 262 g/mol. The van der Waals surface area contributed by atoms with E-state index >= 15 is 0 Å². The van der Waals surface area contributed by atoms with Gasteiger partial charge in [0.25, 0.3) is 0 Å². The van der Waals surface area contributed by atoms with Crippen molar-refractivity contribution in [3.05, 3.63) is 17.5 Å². The van der Waals surface area contributed by atoms with Crippen LogP contribution in [0.3, 0.4) is 0 Å². The summed E-state index contributed by atoms with van der Waals surface area (Å²) in [5.41, 5.74) is 2.61. The molecule has 1 aliphatic heterocycles. The topological polar surface area (TPSA) is 33.1 Å². The Hall–Kier alpha value is -0.870. The van der Waals surface area contributed by atoms with Crippen LogP contribution in [0.1, 0.15) is 38.1 Å². The lowest BCUT2D eigenvalue weighted by molar-refractivity contribution is 0.177. The second-order valence-electron chi connectivity index (χ2n) is 5.93. The lowest BCUT2D eigenvalue weighted by atomic mass is 10.1. The molecule has 1 saturated heterocycles. The van der Waals surface area contributed by atoms with Gasteiger partial charge in [-0.1, -0.05) is 6.92 Å². The van der Waals surface area contributed by atoms with Crippen LogP contribution < -0.4 is 5.32 Å². The summed E-state index contributed by atoms with van der Waals surface area (Å²) in [6, 6.07) is 3.02. The van der Waals surface area contributed by atoms with Gasteiger partial charge in [0.1, 0.15) is 0 Å². The molecule has 2 heterocycles. The molecule has 2 aliphatic rings. The van der Waals surface area contributed by atoms with Gasteiger partial charge in [0.15, 0.2) is 0 Å². The Kier molecular flexibility index (Phi) is 3.89. The van der Waals surface area contributed by atoms with Crippen LogP contribution in [-0.2, 0) is 19.5 Å². The molecule has 0 amide bonds. The molecule has 106 valence electrons. The van der Waals surface area contributed by atoms with E-state index in [4.69, 9.17) is 0 Å². The predicted molar refractivity (Wildman–Crippen MR) is 77.1 cm³/mol. The smallest absolute Gasteiger partial charge is 0.0625 e. The molecule has 1 unspecified atom stereocenters. The number of rotatable bonds is 5. The maximum atomic E-state index is 4.65. The van der Waals surface area contributed by atoms with Crippen LogP contribution in [0.25, 0.3) is 0 Å². The molecule has 0 spiro atoms. The van der Waals surface area contributed by atoms with Crippen molar-refractivity contribution in [1.82, 2.24) is 20.0 Å². The van der Waals surface area contributed by atoms with Crippen molar-refractivity contribution >= 4 is 0 Å². The Morgan fingerprint density at radius 3 is 2.89 bits per heavy atom. The van der Waals surface area contributed by atoms with Crippen LogP contribution in [0.4, 0.5) is 0 Å². The van der Waals surface area contributed by atoms with E-state index in [0.717, 1.165) is 38.0 Å². The number of hydrogen-bond donors (Lipinski definition) is 1. The van der Waals surface area contributed by atoms with Crippen molar-refractivity contribution < 1.29 is 0 Å². The van der Waals surface area contributed by atoms with Crippen molar-refractivity contribution in [3.8, 4) is 0 Å². The second-order valence-corrected chi connectivity index (χ2v) is 5.93. The van der Waals surface area contributed by atoms with Gasteiger partial charge in [-0.2, -0.15) is 5.10 Å². The number of piperazine rings is 1. The number of nitrogens with zero attached hydrogens (tertiary/aromatic N) is 3. The molecule has 1 aliphatic carbocycles. The van der Waals surface area contributed by atoms with E-state index < -0.39 is 0 Å². The third-order valence-electron chi connectivity index (χ3n) is 4.44. The molecule has 1 aromatic rings.